The number of primary sulfonamides is 1. The molecule has 0 saturated heterocycles. The average Bonchev–Trinajstić information content (AvgIpc) is 3.01. The fourth-order valence-corrected chi connectivity index (χ4v) is 3.59. The molecule has 0 bridgehead atoms. The van der Waals surface area contributed by atoms with Crippen LogP contribution in [0.2, 0.25) is 0 Å². The van der Waals surface area contributed by atoms with E-state index in [4.69, 9.17) is 10.1 Å². The van der Waals surface area contributed by atoms with E-state index in [2.05, 4.69) is 17.6 Å². The molecule has 4 aromatic rings. The molecule has 3 aromatic carbocycles. The smallest absolute Gasteiger partial charge is 0.238 e. The highest BCUT2D eigenvalue weighted by atomic mass is 32.2. The average molecular weight is 363 g/mol. The van der Waals surface area contributed by atoms with Crippen LogP contribution in [-0.4, -0.2) is 18.0 Å². The van der Waals surface area contributed by atoms with Crippen LogP contribution in [0.1, 0.15) is 5.56 Å². The maximum absolute atomic E-state index is 11.5. The molecule has 0 aliphatic rings. The second-order valence-corrected chi connectivity index (χ2v) is 7.68. The van der Waals surface area contributed by atoms with Gasteiger partial charge in [-0.15, -0.1) is 0 Å². The number of nitrogens with two attached hydrogens (primary N) is 1. The third kappa shape index (κ3) is 2.79. The standard InChI is InChI=1S/C20H17N3O2S/c1-14-6-2-4-8-18(14)23-19-9-5-3-7-17(19)22-20(23)15-10-12-16(13-11-15)26(21,24)25/h2-13H,1H3,(H2,21,24,25). The zero-order valence-electron chi connectivity index (χ0n) is 14.1. The first-order valence-electron chi connectivity index (χ1n) is 8.12. The summed E-state index contributed by atoms with van der Waals surface area (Å²) in [5.41, 5.74) is 4.84. The third-order valence-electron chi connectivity index (χ3n) is 4.36. The monoisotopic (exact) mass is 363 g/mol. The Hall–Kier alpha value is -2.96. The van der Waals surface area contributed by atoms with Crippen molar-refractivity contribution < 1.29 is 8.42 Å². The van der Waals surface area contributed by atoms with E-state index in [1.54, 1.807) is 12.1 Å². The Morgan fingerprint density at radius 3 is 2.23 bits per heavy atom. The molecule has 0 atom stereocenters. The molecule has 0 aliphatic heterocycles. The number of benzene rings is 3. The maximum Gasteiger partial charge on any atom is 0.238 e. The molecule has 130 valence electrons. The summed E-state index contributed by atoms with van der Waals surface area (Å²) in [4.78, 5) is 4.86. The van der Waals surface area contributed by atoms with Gasteiger partial charge < -0.3 is 0 Å². The summed E-state index contributed by atoms with van der Waals surface area (Å²) >= 11 is 0. The first-order chi connectivity index (χ1) is 12.4. The van der Waals surface area contributed by atoms with E-state index < -0.39 is 10.0 Å². The van der Waals surface area contributed by atoms with Gasteiger partial charge >= 0.3 is 0 Å². The molecule has 1 heterocycles. The third-order valence-corrected chi connectivity index (χ3v) is 5.29. The number of hydrogen-bond donors (Lipinski definition) is 1. The second kappa shape index (κ2) is 6.09. The first kappa shape index (κ1) is 16.5. The molecular weight excluding hydrogens is 346 g/mol. The molecule has 4 rings (SSSR count). The molecule has 0 fully saturated rings. The SMILES string of the molecule is Cc1ccccc1-n1c(-c2ccc(S(N)(=O)=O)cc2)nc2ccccc21. The summed E-state index contributed by atoms with van der Waals surface area (Å²) < 4.78 is 25.1. The minimum atomic E-state index is -3.72. The van der Waals surface area contributed by atoms with E-state index in [9.17, 15) is 8.42 Å². The molecular formula is C20H17N3O2S. The number of rotatable bonds is 3. The minimum absolute atomic E-state index is 0.0832. The summed E-state index contributed by atoms with van der Waals surface area (Å²) in [6.07, 6.45) is 0. The highest BCUT2D eigenvalue weighted by Crippen LogP contribution is 2.30. The van der Waals surface area contributed by atoms with Crippen molar-refractivity contribution in [2.24, 2.45) is 5.14 Å². The van der Waals surface area contributed by atoms with Crippen molar-refractivity contribution in [3.63, 3.8) is 0 Å². The molecule has 26 heavy (non-hydrogen) atoms. The highest BCUT2D eigenvalue weighted by molar-refractivity contribution is 7.89. The second-order valence-electron chi connectivity index (χ2n) is 6.12. The summed E-state index contributed by atoms with van der Waals surface area (Å²) in [7, 11) is -3.72. The summed E-state index contributed by atoms with van der Waals surface area (Å²) in [5.74, 6) is 0.751. The Morgan fingerprint density at radius 2 is 1.54 bits per heavy atom. The minimum Gasteiger partial charge on any atom is -0.292 e. The van der Waals surface area contributed by atoms with Gasteiger partial charge in [-0.3, -0.25) is 4.57 Å². The summed E-state index contributed by atoms with van der Waals surface area (Å²) in [5, 5.41) is 5.20. The molecule has 1 aromatic heterocycles. The number of aromatic nitrogens is 2. The normalized spacial score (nSPS) is 11.8. The number of imidazole rings is 1. The Bertz CT molecular complexity index is 1210. The number of para-hydroxylation sites is 3. The van der Waals surface area contributed by atoms with E-state index in [1.165, 1.54) is 12.1 Å². The van der Waals surface area contributed by atoms with E-state index in [-0.39, 0.29) is 4.90 Å². The van der Waals surface area contributed by atoms with E-state index in [1.807, 2.05) is 42.5 Å². The fraction of sp³-hybridized carbons (Fsp3) is 0.0500. The van der Waals surface area contributed by atoms with Crippen molar-refractivity contribution in [2.45, 2.75) is 11.8 Å². The van der Waals surface area contributed by atoms with E-state index in [0.29, 0.717) is 0 Å². The van der Waals surface area contributed by atoms with Gasteiger partial charge in [-0.2, -0.15) is 0 Å². The Balaban J connectivity index is 1.99. The van der Waals surface area contributed by atoms with Gasteiger partial charge in [-0.25, -0.2) is 18.5 Å². The first-order valence-corrected chi connectivity index (χ1v) is 9.66. The molecule has 0 radical (unpaired) electrons. The van der Waals surface area contributed by atoms with Crippen molar-refractivity contribution in [1.29, 1.82) is 0 Å². The number of hydrogen-bond acceptors (Lipinski definition) is 3. The van der Waals surface area contributed by atoms with Gasteiger partial charge in [-0.05, 0) is 55.0 Å². The van der Waals surface area contributed by atoms with Crippen molar-refractivity contribution in [3.8, 4) is 17.1 Å². The number of sulfonamides is 1. The molecule has 0 spiro atoms. The van der Waals surface area contributed by atoms with Crippen molar-refractivity contribution in [2.75, 3.05) is 0 Å². The number of fused-ring (bicyclic) bond motifs is 1. The fourth-order valence-electron chi connectivity index (χ4n) is 3.07. The van der Waals surface area contributed by atoms with Crippen molar-refractivity contribution >= 4 is 21.1 Å². The molecule has 0 amide bonds. The quantitative estimate of drug-likeness (QED) is 0.603. The molecule has 0 aliphatic carbocycles. The lowest BCUT2D eigenvalue weighted by atomic mass is 10.1. The Morgan fingerprint density at radius 1 is 0.885 bits per heavy atom. The van der Waals surface area contributed by atoms with Crippen molar-refractivity contribution in [3.05, 3.63) is 78.4 Å². The van der Waals surface area contributed by atoms with Crippen LogP contribution in [0.3, 0.4) is 0 Å². The Labute approximate surface area is 151 Å². The summed E-state index contributed by atoms with van der Waals surface area (Å²) in [6, 6.07) is 22.5. The Kier molecular flexibility index (Phi) is 3.86. The van der Waals surface area contributed by atoms with Gasteiger partial charge in [0, 0.05) is 5.56 Å². The van der Waals surface area contributed by atoms with Crippen LogP contribution in [0.4, 0.5) is 0 Å². The molecule has 6 heteroatoms. The van der Waals surface area contributed by atoms with Gasteiger partial charge in [0.05, 0.1) is 21.6 Å². The van der Waals surface area contributed by atoms with Crippen LogP contribution >= 0.6 is 0 Å². The van der Waals surface area contributed by atoms with Crippen LogP contribution in [0.15, 0.2) is 77.7 Å². The van der Waals surface area contributed by atoms with E-state index >= 15 is 0 Å². The largest absolute Gasteiger partial charge is 0.292 e. The molecule has 0 saturated carbocycles. The van der Waals surface area contributed by atoms with Gasteiger partial charge in [-0.1, -0.05) is 30.3 Å². The molecule has 2 N–H and O–H groups in total. The van der Waals surface area contributed by atoms with Gasteiger partial charge in [0.15, 0.2) is 0 Å². The van der Waals surface area contributed by atoms with Crippen LogP contribution < -0.4 is 5.14 Å². The maximum atomic E-state index is 11.5. The van der Waals surface area contributed by atoms with Crippen LogP contribution in [-0.2, 0) is 10.0 Å². The topological polar surface area (TPSA) is 78.0 Å². The highest BCUT2D eigenvalue weighted by Gasteiger charge is 2.16. The zero-order chi connectivity index (χ0) is 18.3. The predicted octanol–water partition coefficient (Wildman–Crippen LogP) is 3.65. The number of nitrogens with zero attached hydrogens (tertiary/aromatic N) is 2. The van der Waals surface area contributed by atoms with Crippen LogP contribution in [0, 0.1) is 6.92 Å². The van der Waals surface area contributed by atoms with Gasteiger partial charge in [0.25, 0.3) is 0 Å². The van der Waals surface area contributed by atoms with Crippen LogP contribution in [0.25, 0.3) is 28.1 Å². The lowest BCUT2D eigenvalue weighted by Crippen LogP contribution is -2.11. The van der Waals surface area contributed by atoms with Crippen LogP contribution in [0.5, 0.6) is 0 Å². The number of aryl methyl sites for hydroxylation is 1. The lowest BCUT2D eigenvalue weighted by Gasteiger charge is -2.12. The van der Waals surface area contributed by atoms with Gasteiger partial charge in [0.2, 0.25) is 10.0 Å². The molecule has 5 nitrogen and oxygen atoms in total. The van der Waals surface area contributed by atoms with Crippen molar-refractivity contribution in [1.82, 2.24) is 9.55 Å². The lowest BCUT2D eigenvalue weighted by molar-refractivity contribution is 0.598. The molecule has 0 unspecified atom stereocenters. The van der Waals surface area contributed by atoms with E-state index in [0.717, 1.165) is 33.7 Å². The zero-order valence-corrected chi connectivity index (χ0v) is 14.9. The summed E-state index contributed by atoms with van der Waals surface area (Å²) in [6.45, 7) is 2.05. The van der Waals surface area contributed by atoms with Gasteiger partial charge in [0.1, 0.15) is 5.82 Å². The predicted molar refractivity (Wildman–Crippen MR) is 103 cm³/mol.